The van der Waals surface area contributed by atoms with Gasteiger partial charge >= 0.3 is 0 Å². The summed E-state index contributed by atoms with van der Waals surface area (Å²) in [5.74, 6) is -0.123. The van der Waals surface area contributed by atoms with Gasteiger partial charge in [0, 0.05) is 29.0 Å². The molecule has 0 spiro atoms. The van der Waals surface area contributed by atoms with Crippen LogP contribution in [0.2, 0.25) is 0 Å². The third kappa shape index (κ3) is 2.50. The fraction of sp³-hybridized carbons (Fsp3) is 0.444. The number of benzene rings is 1. The number of carbonyl (C=O) groups excluding carboxylic acids is 2. The molecule has 5 nitrogen and oxygen atoms in total. The Bertz CT molecular complexity index is 703. The Labute approximate surface area is 136 Å². The van der Waals surface area contributed by atoms with Gasteiger partial charge in [-0.1, -0.05) is 6.58 Å². The summed E-state index contributed by atoms with van der Waals surface area (Å²) < 4.78 is 0. The lowest BCUT2D eigenvalue weighted by Gasteiger charge is -2.44. The summed E-state index contributed by atoms with van der Waals surface area (Å²) in [4.78, 5) is 29.1. The summed E-state index contributed by atoms with van der Waals surface area (Å²) in [6.07, 6.45) is 1.34. The standard InChI is InChI=1S/C18H23N3O2/c1-11-5-8-15(17(23)21(11)18(2,3)4)20-10-12-9-13(19)6-7-14(12)16(20)22/h6-7,9,15H,1,5,8,10,19H2,2-4H3. The number of amides is 2. The Morgan fingerprint density at radius 2 is 1.96 bits per heavy atom. The van der Waals surface area contributed by atoms with Crippen LogP contribution in [0, 0.1) is 0 Å². The maximum absolute atomic E-state index is 13.0. The van der Waals surface area contributed by atoms with Crippen molar-refractivity contribution in [1.29, 1.82) is 0 Å². The number of hydrogen-bond donors (Lipinski definition) is 1. The van der Waals surface area contributed by atoms with E-state index in [1.54, 1.807) is 21.9 Å². The largest absolute Gasteiger partial charge is 0.399 e. The van der Waals surface area contributed by atoms with Gasteiger partial charge in [-0.2, -0.15) is 0 Å². The predicted octanol–water partition coefficient (Wildman–Crippen LogP) is 2.53. The van der Waals surface area contributed by atoms with E-state index < -0.39 is 6.04 Å². The zero-order chi connectivity index (χ0) is 16.9. The molecule has 2 heterocycles. The van der Waals surface area contributed by atoms with Crippen molar-refractivity contribution in [3.63, 3.8) is 0 Å². The second-order valence-corrected chi connectivity index (χ2v) is 7.31. The van der Waals surface area contributed by atoms with Gasteiger partial charge in [-0.05, 0) is 57.4 Å². The number of nitrogens with zero attached hydrogens (tertiary/aromatic N) is 2. The molecule has 2 aliphatic rings. The first-order chi connectivity index (χ1) is 10.7. The summed E-state index contributed by atoms with van der Waals surface area (Å²) >= 11 is 0. The average Bonchev–Trinajstić information content (AvgIpc) is 2.74. The third-order valence-corrected chi connectivity index (χ3v) is 4.54. The molecule has 0 aliphatic carbocycles. The zero-order valence-electron chi connectivity index (χ0n) is 13.9. The van der Waals surface area contributed by atoms with E-state index in [2.05, 4.69) is 6.58 Å². The minimum absolute atomic E-state index is 0.0390. The zero-order valence-corrected chi connectivity index (χ0v) is 13.9. The minimum Gasteiger partial charge on any atom is -0.399 e. The molecule has 3 rings (SSSR count). The van der Waals surface area contributed by atoms with Crippen LogP contribution in [0.1, 0.15) is 49.5 Å². The van der Waals surface area contributed by atoms with Crippen LogP contribution in [0.15, 0.2) is 30.5 Å². The Hall–Kier alpha value is -2.30. The SMILES string of the molecule is C=C1CCC(N2Cc3cc(N)ccc3C2=O)C(=O)N1C(C)(C)C. The lowest BCUT2D eigenvalue weighted by Crippen LogP contribution is -2.56. The van der Waals surface area contributed by atoms with Crippen molar-refractivity contribution in [2.24, 2.45) is 0 Å². The van der Waals surface area contributed by atoms with E-state index >= 15 is 0 Å². The summed E-state index contributed by atoms with van der Waals surface area (Å²) in [5, 5.41) is 0. The van der Waals surface area contributed by atoms with E-state index in [0.717, 1.165) is 17.7 Å². The molecule has 1 aromatic rings. The first kappa shape index (κ1) is 15.6. The van der Waals surface area contributed by atoms with Crippen molar-refractivity contribution in [1.82, 2.24) is 9.80 Å². The van der Waals surface area contributed by atoms with Crippen molar-refractivity contribution in [2.75, 3.05) is 5.73 Å². The van der Waals surface area contributed by atoms with Gasteiger partial charge in [-0.25, -0.2) is 0 Å². The second-order valence-electron chi connectivity index (χ2n) is 7.31. The molecule has 0 radical (unpaired) electrons. The molecular formula is C18H23N3O2. The van der Waals surface area contributed by atoms with Crippen LogP contribution in [-0.4, -0.2) is 33.2 Å². The van der Waals surface area contributed by atoms with Crippen LogP contribution in [0.4, 0.5) is 5.69 Å². The van der Waals surface area contributed by atoms with Crippen molar-refractivity contribution < 1.29 is 9.59 Å². The molecule has 0 saturated carbocycles. The maximum Gasteiger partial charge on any atom is 0.255 e. The number of allylic oxidation sites excluding steroid dienone is 1. The van der Waals surface area contributed by atoms with Gasteiger partial charge in [0.25, 0.3) is 5.91 Å². The van der Waals surface area contributed by atoms with Crippen LogP contribution in [-0.2, 0) is 11.3 Å². The van der Waals surface area contributed by atoms with Gasteiger partial charge in [0.15, 0.2) is 0 Å². The molecule has 0 aromatic heterocycles. The van der Waals surface area contributed by atoms with Crippen molar-refractivity contribution in [2.45, 2.75) is 51.7 Å². The number of carbonyl (C=O) groups is 2. The Morgan fingerprint density at radius 1 is 1.26 bits per heavy atom. The number of nitrogens with two attached hydrogens (primary N) is 1. The normalized spacial score (nSPS) is 21.9. The highest BCUT2D eigenvalue weighted by Gasteiger charge is 2.43. The number of likely N-dealkylation sites (tertiary alicyclic amines) is 1. The third-order valence-electron chi connectivity index (χ3n) is 4.54. The molecule has 5 heteroatoms. The number of anilines is 1. The van der Waals surface area contributed by atoms with Crippen molar-refractivity contribution in [3.8, 4) is 0 Å². The molecule has 2 amide bonds. The molecule has 2 N–H and O–H groups in total. The van der Waals surface area contributed by atoms with E-state index in [-0.39, 0.29) is 17.4 Å². The van der Waals surface area contributed by atoms with E-state index in [1.807, 2.05) is 26.8 Å². The minimum atomic E-state index is -0.430. The molecule has 1 unspecified atom stereocenters. The molecule has 1 aromatic carbocycles. The van der Waals surface area contributed by atoms with Crippen molar-refractivity contribution in [3.05, 3.63) is 41.6 Å². The van der Waals surface area contributed by atoms with Crippen LogP contribution in [0.5, 0.6) is 0 Å². The summed E-state index contributed by atoms with van der Waals surface area (Å²) in [6, 6.07) is 4.87. The summed E-state index contributed by atoms with van der Waals surface area (Å²) in [7, 11) is 0. The molecule has 122 valence electrons. The van der Waals surface area contributed by atoms with Crippen LogP contribution in [0.25, 0.3) is 0 Å². The second kappa shape index (κ2) is 5.11. The van der Waals surface area contributed by atoms with Gasteiger partial charge in [-0.15, -0.1) is 0 Å². The van der Waals surface area contributed by atoms with E-state index in [9.17, 15) is 9.59 Å². The number of rotatable bonds is 1. The topological polar surface area (TPSA) is 66.6 Å². The molecule has 1 saturated heterocycles. The number of nitrogen functional groups attached to an aromatic ring is 1. The van der Waals surface area contributed by atoms with Crippen LogP contribution >= 0.6 is 0 Å². The van der Waals surface area contributed by atoms with E-state index in [0.29, 0.717) is 24.2 Å². The molecule has 23 heavy (non-hydrogen) atoms. The highest BCUT2D eigenvalue weighted by atomic mass is 16.2. The van der Waals surface area contributed by atoms with Gasteiger partial charge < -0.3 is 15.5 Å². The van der Waals surface area contributed by atoms with Gasteiger partial charge in [0.1, 0.15) is 6.04 Å². The van der Waals surface area contributed by atoms with Gasteiger partial charge in [0.2, 0.25) is 5.91 Å². The monoisotopic (exact) mass is 313 g/mol. The molecule has 1 atom stereocenters. The highest BCUT2D eigenvalue weighted by Crippen LogP contribution is 2.34. The number of piperidine rings is 1. The van der Waals surface area contributed by atoms with E-state index in [4.69, 9.17) is 5.73 Å². The Kier molecular flexibility index (Phi) is 3.47. The smallest absolute Gasteiger partial charge is 0.255 e. The van der Waals surface area contributed by atoms with Crippen LogP contribution < -0.4 is 5.73 Å². The maximum atomic E-state index is 13.0. The fourth-order valence-corrected chi connectivity index (χ4v) is 3.55. The molecular weight excluding hydrogens is 290 g/mol. The summed E-state index contributed by atoms with van der Waals surface area (Å²) in [6.45, 7) is 10.4. The molecule has 2 aliphatic heterocycles. The number of hydrogen-bond acceptors (Lipinski definition) is 3. The first-order valence-electron chi connectivity index (χ1n) is 7.91. The summed E-state index contributed by atoms with van der Waals surface area (Å²) in [5.41, 5.74) is 8.48. The fourth-order valence-electron chi connectivity index (χ4n) is 3.55. The van der Waals surface area contributed by atoms with Gasteiger partial charge in [0.05, 0.1) is 0 Å². The predicted molar refractivity (Wildman–Crippen MR) is 89.5 cm³/mol. The van der Waals surface area contributed by atoms with E-state index in [1.165, 1.54) is 0 Å². The Morgan fingerprint density at radius 3 is 2.61 bits per heavy atom. The Balaban J connectivity index is 1.90. The lowest BCUT2D eigenvalue weighted by molar-refractivity contribution is -0.141. The first-order valence-corrected chi connectivity index (χ1v) is 7.91. The lowest BCUT2D eigenvalue weighted by atomic mass is 9.94. The van der Waals surface area contributed by atoms with Crippen molar-refractivity contribution >= 4 is 17.5 Å². The highest BCUT2D eigenvalue weighted by molar-refractivity contribution is 6.01. The van der Waals surface area contributed by atoms with Gasteiger partial charge in [-0.3, -0.25) is 9.59 Å². The van der Waals surface area contributed by atoms with Crippen LogP contribution in [0.3, 0.4) is 0 Å². The number of fused-ring (bicyclic) bond motifs is 1. The average molecular weight is 313 g/mol. The quantitative estimate of drug-likeness (QED) is 0.810. The molecule has 0 bridgehead atoms. The molecule has 1 fully saturated rings.